The van der Waals surface area contributed by atoms with Crippen LogP contribution in [0.1, 0.15) is 41.5 Å². The van der Waals surface area contributed by atoms with Crippen molar-refractivity contribution in [1.82, 2.24) is 0 Å². The van der Waals surface area contributed by atoms with Crippen LogP contribution in [0.3, 0.4) is 0 Å². The van der Waals surface area contributed by atoms with Gasteiger partial charge in [-0.3, -0.25) is 0 Å². The van der Waals surface area contributed by atoms with Gasteiger partial charge in [-0.15, -0.1) is 16.4 Å². The number of hydrogen-bond acceptors (Lipinski definition) is 0. The van der Waals surface area contributed by atoms with Gasteiger partial charge in [-0.25, -0.2) is 60.5 Å². The molecule has 3 aromatic rings. The largest absolute Gasteiger partial charge is 0.249 e. The third-order valence-electron chi connectivity index (χ3n) is 6.52. The van der Waals surface area contributed by atoms with Crippen LogP contribution in [0, 0.1) is 69.8 Å². The monoisotopic (exact) mass is 603 g/mol. The summed E-state index contributed by atoms with van der Waals surface area (Å²) in [6.45, 7) is 7.43. The van der Waals surface area contributed by atoms with E-state index in [0.717, 1.165) is 0 Å². The van der Waals surface area contributed by atoms with Gasteiger partial charge in [0.2, 0.25) is 0 Å². The van der Waals surface area contributed by atoms with Crippen molar-refractivity contribution in [2.45, 2.75) is 51.9 Å². The van der Waals surface area contributed by atoms with Gasteiger partial charge in [-0.05, 0) is 0 Å². The van der Waals surface area contributed by atoms with Gasteiger partial charge >= 0.3 is 0 Å². The fourth-order valence-electron chi connectivity index (χ4n) is 5.86. The minimum absolute atomic E-state index is 0.330. The van der Waals surface area contributed by atoms with Crippen molar-refractivity contribution in [2.24, 2.45) is 0 Å². The zero-order chi connectivity index (χ0) is 30.9. The summed E-state index contributed by atoms with van der Waals surface area (Å²) in [5.74, 6) is -33.2. The van der Waals surface area contributed by atoms with Crippen molar-refractivity contribution >= 4 is 30.1 Å². The van der Waals surface area contributed by atoms with E-state index in [9.17, 15) is 26.3 Å². The Morgan fingerprint density at radius 2 is 0.575 bits per heavy atom. The molecule has 0 amide bonds. The maximum atomic E-state index is 15.8. The Labute approximate surface area is 223 Å². The molecule has 0 nitrogen and oxygen atoms in total. The molecule has 0 saturated heterocycles. The Morgan fingerprint density at radius 3 is 0.725 bits per heavy atom. The molecule has 0 heterocycles. The van der Waals surface area contributed by atoms with Crippen LogP contribution in [0.15, 0.2) is 18.2 Å². The average Bonchev–Trinajstić information content (AvgIpc) is 2.78. The number of benzene rings is 3. The third kappa shape index (κ3) is 4.78. The molecule has 3 rings (SSSR count). The fraction of sp³-hybridized carbons (Fsp3) is 0.308. The quantitative estimate of drug-likeness (QED) is 0.126. The minimum atomic E-state index is -5.07. The molecule has 0 aliphatic rings. The molecule has 0 unspecified atom stereocenters. The summed E-state index contributed by atoms with van der Waals surface area (Å²) in [5.41, 5.74) is -6.25. The lowest BCUT2D eigenvalue weighted by Crippen LogP contribution is -2.74. The van der Waals surface area contributed by atoms with E-state index in [2.05, 4.69) is 0 Å². The highest BCUT2D eigenvalue weighted by molar-refractivity contribution is 8.03. The molecule has 0 fully saturated rings. The van der Waals surface area contributed by atoms with E-state index in [-0.39, 0.29) is 18.2 Å². The first kappa shape index (κ1) is 31.8. The van der Waals surface area contributed by atoms with E-state index in [4.69, 9.17) is 0 Å². The minimum Gasteiger partial charge on any atom is -0.249 e. The van der Waals surface area contributed by atoms with Crippen LogP contribution in [0.2, 0.25) is 0 Å². The summed E-state index contributed by atoms with van der Waals surface area (Å²) in [6, 6.07) is -0.990. The van der Waals surface area contributed by atoms with Crippen molar-refractivity contribution < 1.29 is 52.7 Å². The van der Waals surface area contributed by atoms with Crippen LogP contribution in [-0.4, -0.2) is 16.2 Å². The van der Waals surface area contributed by atoms with Crippen molar-refractivity contribution in [1.29, 1.82) is 0 Å². The molecule has 0 spiro atoms. The second-order valence-corrected chi connectivity index (χ2v) is 15.4. The van der Waals surface area contributed by atoms with Crippen LogP contribution < -0.4 is 16.4 Å². The summed E-state index contributed by atoms with van der Waals surface area (Å²) in [5, 5.41) is -3.25. The number of rotatable bonds is 4. The van der Waals surface area contributed by atoms with Crippen molar-refractivity contribution in [2.75, 3.05) is 0 Å². The first-order chi connectivity index (χ1) is 18.1. The molecule has 0 saturated carbocycles. The van der Waals surface area contributed by atoms with Crippen LogP contribution in [0.25, 0.3) is 0 Å². The number of hydrogen-bond donors (Lipinski definition) is 0. The van der Waals surface area contributed by atoms with Gasteiger partial charge in [-0.1, -0.05) is 51.9 Å². The van der Waals surface area contributed by atoms with E-state index in [0.29, 0.717) is 0 Å². The SMILES string of the molecule is CC(C)(C)P([B-](c1c(F)c(F)cc(F)c1F)(c1c(F)c(F)cc(F)c1F)c1c(F)c(F)cc(F)c1F)C(C)(C)C. The Bertz CT molecular complexity index is 1260. The van der Waals surface area contributed by atoms with Gasteiger partial charge in [0.05, 0.1) is 0 Å². The van der Waals surface area contributed by atoms with Gasteiger partial charge in [0, 0.05) is 18.2 Å². The van der Waals surface area contributed by atoms with E-state index in [1.165, 1.54) is 41.5 Å². The molecule has 218 valence electrons. The van der Waals surface area contributed by atoms with Gasteiger partial charge in [0.15, 0.2) is 34.9 Å². The lowest BCUT2D eigenvalue weighted by Gasteiger charge is -2.61. The highest BCUT2D eigenvalue weighted by atomic mass is 31.1. The lowest BCUT2D eigenvalue weighted by molar-refractivity contribution is 0.456. The lowest BCUT2D eigenvalue weighted by atomic mass is 9.33. The molecule has 0 aliphatic heterocycles. The van der Waals surface area contributed by atoms with Crippen molar-refractivity contribution in [3.63, 3.8) is 0 Å². The molecule has 40 heavy (non-hydrogen) atoms. The predicted molar refractivity (Wildman–Crippen MR) is 130 cm³/mol. The summed E-state index contributed by atoms with van der Waals surface area (Å²) in [4.78, 5) is 0. The van der Waals surface area contributed by atoms with Gasteiger partial charge < -0.3 is 0 Å². The second kappa shape index (κ2) is 10.3. The third-order valence-corrected chi connectivity index (χ3v) is 11.0. The first-order valence-electron chi connectivity index (χ1n) is 11.6. The fourth-order valence-corrected chi connectivity index (χ4v) is 11.7. The molecule has 0 aliphatic carbocycles. The van der Waals surface area contributed by atoms with Gasteiger partial charge in [-0.2, -0.15) is 0 Å². The summed E-state index contributed by atoms with van der Waals surface area (Å²) >= 11 is 0. The summed E-state index contributed by atoms with van der Waals surface area (Å²) < 4.78 is 183. The molecule has 0 radical (unpaired) electrons. The van der Waals surface area contributed by atoms with E-state index in [1.54, 1.807) is 0 Å². The Morgan fingerprint density at radius 1 is 0.400 bits per heavy atom. The Hall–Kier alpha value is -2.69. The van der Waals surface area contributed by atoms with E-state index >= 15 is 26.3 Å². The van der Waals surface area contributed by atoms with Crippen molar-refractivity contribution in [3.8, 4) is 0 Å². The molecule has 0 N–H and O–H groups in total. The topological polar surface area (TPSA) is 0 Å². The maximum Gasteiger partial charge on any atom is 0.158 e. The van der Waals surface area contributed by atoms with Crippen molar-refractivity contribution in [3.05, 3.63) is 88.0 Å². The summed E-state index contributed by atoms with van der Waals surface area (Å²) in [6.07, 6.45) is 0. The van der Waals surface area contributed by atoms with Crippen LogP contribution in [0.4, 0.5) is 52.7 Å². The molecule has 0 atom stereocenters. The molecule has 0 aromatic heterocycles. The van der Waals surface area contributed by atoms with Gasteiger partial charge in [0.25, 0.3) is 0 Å². The summed E-state index contributed by atoms with van der Waals surface area (Å²) in [7, 11) is -3.07. The molecule has 14 heteroatoms. The number of halogens is 12. The molecule has 3 aromatic carbocycles. The maximum absolute atomic E-state index is 15.8. The smallest absolute Gasteiger partial charge is 0.158 e. The average molecular weight is 603 g/mol. The van der Waals surface area contributed by atoms with Crippen LogP contribution >= 0.6 is 7.80 Å². The highest BCUT2D eigenvalue weighted by Crippen LogP contribution is 2.65. The molecular formula is C26H21BF12P-. The zero-order valence-corrected chi connectivity index (χ0v) is 22.7. The Balaban J connectivity index is 3.04. The Kier molecular flexibility index (Phi) is 8.20. The molecule has 0 bridgehead atoms. The second-order valence-electron chi connectivity index (χ2n) is 11.2. The van der Waals surface area contributed by atoms with Crippen LogP contribution in [-0.2, 0) is 0 Å². The predicted octanol–water partition coefficient (Wildman–Crippen LogP) is 7.40. The highest BCUT2D eigenvalue weighted by Gasteiger charge is 2.55. The van der Waals surface area contributed by atoms with Crippen LogP contribution in [0.5, 0.6) is 0 Å². The first-order valence-corrected chi connectivity index (χ1v) is 13.0. The van der Waals surface area contributed by atoms with E-state index < -0.39 is 110 Å². The van der Waals surface area contributed by atoms with E-state index in [1.807, 2.05) is 0 Å². The normalized spacial score (nSPS) is 13.0. The standard InChI is InChI=1S/C26H21BF12P/c1-25(2,3)40(26(4,5)6)27(16-19(34)10(28)7-11(29)20(16)35,17-21(36)12(30)8-13(31)22(17)37)18-23(38)14(32)9-15(33)24(18)39/h7-9H,1-6H3/q-1. The zero-order valence-electron chi connectivity index (χ0n) is 21.8. The molecular weight excluding hydrogens is 582 g/mol. The van der Waals surface area contributed by atoms with Gasteiger partial charge in [0.1, 0.15) is 40.8 Å².